The molecule has 1 amide bonds. The molecule has 0 saturated heterocycles. The summed E-state index contributed by atoms with van der Waals surface area (Å²) in [6.45, 7) is 0. The van der Waals surface area contributed by atoms with Crippen LogP contribution >= 0.6 is 11.6 Å². The van der Waals surface area contributed by atoms with E-state index in [0.29, 0.717) is 22.2 Å². The van der Waals surface area contributed by atoms with Gasteiger partial charge >= 0.3 is 0 Å². The molecule has 1 heterocycles. The molecule has 0 aliphatic heterocycles. The summed E-state index contributed by atoms with van der Waals surface area (Å²) in [6.07, 6.45) is 3.11. The van der Waals surface area contributed by atoms with Crippen molar-refractivity contribution in [2.75, 3.05) is 12.4 Å². The van der Waals surface area contributed by atoms with Crippen LogP contribution < -0.4 is 10.1 Å². The molecule has 5 heteroatoms. The van der Waals surface area contributed by atoms with Gasteiger partial charge in [-0.2, -0.15) is 0 Å². The highest BCUT2D eigenvalue weighted by Gasteiger charge is 2.03. The number of benzene rings is 2. The number of carbonyl (C=O) groups is 1. The Balaban J connectivity index is 1.77. The molecule has 2 aromatic carbocycles. The lowest BCUT2D eigenvalue weighted by molar-refractivity contribution is -0.111. The van der Waals surface area contributed by atoms with E-state index < -0.39 is 0 Å². The number of carbonyl (C=O) groups excluding carboxylic acids is 1. The molecular weight excluding hydrogens is 324 g/mol. The highest BCUT2D eigenvalue weighted by Crippen LogP contribution is 2.23. The predicted molar refractivity (Wildman–Crippen MR) is 97.4 cm³/mol. The fourth-order valence-electron chi connectivity index (χ4n) is 2.27. The first-order chi connectivity index (χ1) is 11.7. The van der Waals surface area contributed by atoms with Crippen molar-refractivity contribution in [3.63, 3.8) is 0 Å². The zero-order valence-corrected chi connectivity index (χ0v) is 13.7. The summed E-state index contributed by atoms with van der Waals surface area (Å²) < 4.78 is 5.32. The molecule has 0 fully saturated rings. The third kappa shape index (κ3) is 3.73. The number of hydrogen-bond donors (Lipinski definition) is 1. The lowest BCUT2D eigenvalue weighted by Crippen LogP contribution is -2.07. The molecule has 3 aromatic rings. The van der Waals surface area contributed by atoms with Crippen LogP contribution in [-0.4, -0.2) is 18.0 Å². The zero-order valence-electron chi connectivity index (χ0n) is 13.0. The number of amides is 1. The first-order valence-electron chi connectivity index (χ1n) is 7.34. The minimum atomic E-state index is -0.237. The van der Waals surface area contributed by atoms with Crippen LogP contribution in [0.4, 0.5) is 5.69 Å². The maximum atomic E-state index is 12.0. The van der Waals surface area contributed by atoms with Gasteiger partial charge in [-0.25, -0.2) is 4.98 Å². The Hall–Kier alpha value is -2.85. The first-order valence-corrected chi connectivity index (χ1v) is 7.72. The number of methoxy groups -OCH3 is 1. The highest BCUT2D eigenvalue weighted by molar-refractivity contribution is 6.30. The van der Waals surface area contributed by atoms with Gasteiger partial charge in [-0.05, 0) is 42.5 Å². The number of para-hydroxylation sites is 1. The summed E-state index contributed by atoms with van der Waals surface area (Å²) in [4.78, 5) is 16.5. The van der Waals surface area contributed by atoms with Gasteiger partial charge in [0.15, 0.2) is 0 Å². The van der Waals surface area contributed by atoms with Crippen LogP contribution in [0, 0.1) is 0 Å². The molecule has 3 rings (SSSR count). The number of ether oxygens (including phenoxy) is 1. The van der Waals surface area contributed by atoms with E-state index >= 15 is 0 Å². The maximum absolute atomic E-state index is 12.0. The Morgan fingerprint density at radius 1 is 1.12 bits per heavy atom. The molecule has 0 aliphatic rings. The van der Waals surface area contributed by atoms with Gasteiger partial charge in [0.2, 0.25) is 5.91 Å². The summed E-state index contributed by atoms with van der Waals surface area (Å²) in [5.41, 5.74) is 2.13. The second kappa shape index (κ2) is 7.15. The van der Waals surface area contributed by atoms with Crippen molar-refractivity contribution in [3.8, 4) is 5.75 Å². The number of aromatic nitrogens is 1. The van der Waals surface area contributed by atoms with Crippen molar-refractivity contribution >= 4 is 40.2 Å². The minimum absolute atomic E-state index is 0.237. The van der Waals surface area contributed by atoms with Crippen molar-refractivity contribution in [1.29, 1.82) is 0 Å². The molecule has 0 bridgehead atoms. The quantitative estimate of drug-likeness (QED) is 0.710. The van der Waals surface area contributed by atoms with Crippen LogP contribution in [0.2, 0.25) is 5.02 Å². The standard InChI is InChI=1S/C19H15ClN2O2/c1-24-17-4-2-3-13-5-8-16(22-19(13)17)11-12-18(23)21-15-9-6-14(20)7-10-15/h2-12H,1H3,(H,21,23)/b12-11+. The van der Waals surface area contributed by atoms with Gasteiger partial charge in [0.05, 0.1) is 12.8 Å². The van der Waals surface area contributed by atoms with Crippen LogP contribution in [0.15, 0.2) is 60.7 Å². The van der Waals surface area contributed by atoms with Gasteiger partial charge in [-0.1, -0.05) is 29.8 Å². The first kappa shape index (κ1) is 16.0. The monoisotopic (exact) mass is 338 g/mol. The average Bonchev–Trinajstić information content (AvgIpc) is 2.61. The van der Waals surface area contributed by atoms with E-state index in [2.05, 4.69) is 10.3 Å². The summed E-state index contributed by atoms with van der Waals surface area (Å²) >= 11 is 5.82. The predicted octanol–water partition coefficient (Wildman–Crippen LogP) is 4.55. The van der Waals surface area contributed by atoms with E-state index in [-0.39, 0.29) is 5.91 Å². The van der Waals surface area contributed by atoms with E-state index in [9.17, 15) is 4.79 Å². The number of halogens is 1. The Labute approximate surface area is 144 Å². The zero-order chi connectivity index (χ0) is 16.9. The van der Waals surface area contributed by atoms with Crippen LogP contribution in [0.5, 0.6) is 5.75 Å². The van der Waals surface area contributed by atoms with E-state index in [0.717, 1.165) is 10.9 Å². The lowest BCUT2D eigenvalue weighted by Gasteiger charge is -2.05. The number of pyridine rings is 1. The molecule has 0 aliphatic carbocycles. The summed E-state index contributed by atoms with van der Waals surface area (Å²) in [6, 6.07) is 16.5. The van der Waals surface area contributed by atoms with Gasteiger partial charge in [-0.3, -0.25) is 4.79 Å². The Kier molecular flexibility index (Phi) is 4.77. The van der Waals surface area contributed by atoms with Gasteiger partial charge in [0.25, 0.3) is 0 Å². The molecule has 1 aromatic heterocycles. The van der Waals surface area contributed by atoms with Crippen molar-refractivity contribution < 1.29 is 9.53 Å². The van der Waals surface area contributed by atoms with Crippen LogP contribution in [-0.2, 0) is 4.79 Å². The van der Waals surface area contributed by atoms with Crippen LogP contribution in [0.1, 0.15) is 5.69 Å². The van der Waals surface area contributed by atoms with Gasteiger partial charge in [0, 0.05) is 22.2 Å². The fraction of sp³-hybridized carbons (Fsp3) is 0.0526. The number of fused-ring (bicyclic) bond motifs is 1. The molecule has 4 nitrogen and oxygen atoms in total. The minimum Gasteiger partial charge on any atom is -0.494 e. The molecular formula is C19H15ClN2O2. The molecule has 24 heavy (non-hydrogen) atoms. The van der Waals surface area contributed by atoms with Gasteiger partial charge in [0.1, 0.15) is 11.3 Å². The maximum Gasteiger partial charge on any atom is 0.248 e. The van der Waals surface area contributed by atoms with Gasteiger partial charge < -0.3 is 10.1 Å². The van der Waals surface area contributed by atoms with Crippen molar-refractivity contribution in [1.82, 2.24) is 4.98 Å². The van der Waals surface area contributed by atoms with Gasteiger partial charge in [-0.15, -0.1) is 0 Å². The molecule has 0 radical (unpaired) electrons. The van der Waals surface area contributed by atoms with Crippen molar-refractivity contribution in [2.45, 2.75) is 0 Å². The molecule has 0 saturated carbocycles. The topological polar surface area (TPSA) is 51.2 Å². The Bertz CT molecular complexity index is 905. The highest BCUT2D eigenvalue weighted by atomic mass is 35.5. The molecule has 1 N–H and O–H groups in total. The smallest absolute Gasteiger partial charge is 0.248 e. The van der Waals surface area contributed by atoms with E-state index in [4.69, 9.17) is 16.3 Å². The molecule has 120 valence electrons. The van der Waals surface area contributed by atoms with E-state index in [1.165, 1.54) is 6.08 Å². The summed E-state index contributed by atoms with van der Waals surface area (Å²) in [5.74, 6) is 0.465. The molecule has 0 spiro atoms. The fourth-order valence-corrected chi connectivity index (χ4v) is 2.40. The molecule has 0 unspecified atom stereocenters. The average molecular weight is 339 g/mol. The van der Waals surface area contributed by atoms with Crippen molar-refractivity contribution in [3.05, 3.63) is 71.4 Å². The lowest BCUT2D eigenvalue weighted by atomic mass is 10.2. The summed E-state index contributed by atoms with van der Waals surface area (Å²) in [5, 5.41) is 4.37. The largest absolute Gasteiger partial charge is 0.494 e. The number of nitrogens with one attached hydrogen (secondary N) is 1. The third-order valence-electron chi connectivity index (χ3n) is 3.44. The Morgan fingerprint density at radius 3 is 2.67 bits per heavy atom. The van der Waals surface area contributed by atoms with Crippen LogP contribution in [0.25, 0.3) is 17.0 Å². The number of nitrogens with zero attached hydrogens (tertiary/aromatic N) is 1. The SMILES string of the molecule is COc1cccc2ccc(/C=C/C(=O)Nc3ccc(Cl)cc3)nc12. The number of hydrogen-bond acceptors (Lipinski definition) is 3. The van der Waals surface area contributed by atoms with Crippen molar-refractivity contribution in [2.24, 2.45) is 0 Å². The second-order valence-corrected chi connectivity index (χ2v) is 5.53. The second-order valence-electron chi connectivity index (χ2n) is 5.10. The third-order valence-corrected chi connectivity index (χ3v) is 3.69. The number of anilines is 1. The normalized spacial score (nSPS) is 10.9. The molecule has 0 atom stereocenters. The van der Waals surface area contributed by atoms with E-state index in [1.807, 2.05) is 30.3 Å². The van der Waals surface area contributed by atoms with E-state index in [1.54, 1.807) is 37.5 Å². The summed E-state index contributed by atoms with van der Waals surface area (Å²) in [7, 11) is 1.61. The number of rotatable bonds is 4. The Morgan fingerprint density at radius 2 is 1.92 bits per heavy atom. The van der Waals surface area contributed by atoms with Crippen LogP contribution in [0.3, 0.4) is 0 Å².